The standard InChI is InChI=1S/C15H17N5/c1-19-7-12(8-19)14-5-17-15-3-2-11(4-13(14)15)6-20-10-16-9-18-20/h2-5,9-10,12,17H,6-8H2,1H3/p+1. The monoisotopic (exact) mass is 268 g/mol. The summed E-state index contributed by atoms with van der Waals surface area (Å²) in [6.45, 7) is 3.25. The van der Waals surface area contributed by atoms with Gasteiger partial charge in [-0.3, -0.25) is 0 Å². The van der Waals surface area contributed by atoms with Crippen LogP contribution in [0.1, 0.15) is 17.0 Å². The summed E-state index contributed by atoms with van der Waals surface area (Å²) < 4.78 is 1.86. The zero-order valence-corrected chi connectivity index (χ0v) is 11.5. The zero-order valence-electron chi connectivity index (χ0n) is 11.5. The zero-order chi connectivity index (χ0) is 13.5. The quantitative estimate of drug-likeness (QED) is 0.723. The van der Waals surface area contributed by atoms with Crippen LogP contribution in [0.15, 0.2) is 37.1 Å². The van der Waals surface area contributed by atoms with Crippen LogP contribution in [0.25, 0.3) is 10.9 Å². The number of nitrogens with one attached hydrogen (secondary N) is 2. The molecule has 2 aromatic heterocycles. The SMILES string of the molecule is C[NH+]1CC(c2c[nH]c3ccc(Cn4cncn4)cc23)C1. The smallest absolute Gasteiger partial charge is 0.137 e. The lowest BCUT2D eigenvalue weighted by molar-refractivity contribution is -0.924. The van der Waals surface area contributed by atoms with Gasteiger partial charge >= 0.3 is 0 Å². The van der Waals surface area contributed by atoms with Gasteiger partial charge in [-0.2, -0.15) is 5.10 Å². The van der Waals surface area contributed by atoms with E-state index in [2.05, 4.69) is 46.5 Å². The molecule has 1 aromatic carbocycles. The van der Waals surface area contributed by atoms with Gasteiger partial charge in [0.05, 0.1) is 32.6 Å². The molecule has 4 rings (SSSR count). The van der Waals surface area contributed by atoms with Gasteiger partial charge in [-0.25, -0.2) is 9.67 Å². The van der Waals surface area contributed by atoms with Crippen molar-refractivity contribution in [3.63, 3.8) is 0 Å². The Bertz CT molecular complexity index is 722. The minimum absolute atomic E-state index is 0.699. The highest BCUT2D eigenvalue weighted by Crippen LogP contribution is 2.27. The molecule has 5 heteroatoms. The van der Waals surface area contributed by atoms with Crippen molar-refractivity contribution < 1.29 is 4.90 Å². The molecule has 0 aliphatic carbocycles. The first-order valence-electron chi connectivity index (χ1n) is 7.03. The molecule has 20 heavy (non-hydrogen) atoms. The lowest BCUT2D eigenvalue weighted by Crippen LogP contribution is -3.16. The highest BCUT2D eigenvalue weighted by molar-refractivity contribution is 5.84. The highest BCUT2D eigenvalue weighted by Gasteiger charge is 2.31. The third kappa shape index (κ3) is 1.91. The van der Waals surface area contributed by atoms with Crippen LogP contribution in [0.4, 0.5) is 0 Å². The van der Waals surface area contributed by atoms with Gasteiger partial charge in [0.2, 0.25) is 0 Å². The van der Waals surface area contributed by atoms with E-state index in [4.69, 9.17) is 0 Å². The number of nitrogens with zero attached hydrogens (tertiary/aromatic N) is 3. The van der Waals surface area contributed by atoms with Crippen molar-refractivity contribution in [3.8, 4) is 0 Å². The van der Waals surface area contributed by atoms with Crippen molar-refractivity contribution in [1.29, 1.82) is 0 Å². The van der Waals surface area contributed by atoms with Crippen LogP contribution in [0, 0.1) is 0 Å². The minimum Gasteiger partial charge on any atom is -0.361 e. The summed E-state index contributed by atoms with van der Waals surface area (Å²) in [5, 5.41) is 5.53. The number of aromatic amines is 1. The largest absolute Gasteiger partial charge is 0.361 e. The number of rotatable bonds is 3. The lowest BCUT2D eigenvalue weighted by Gasteiger charge is -2.32. The Kier molecular flexibility index (Phi) is 2.60. The van der Waals surface area contributed by atoms with Crippen molar-refractivity contribution in [2.24, 2.45) is 0 Å². The molecule has 0 saturated carbocycles. The van der Waals surface area contributed by atoms with Crippen LogP contribution in [0.2, 0.25) is 0 Å². The molecule has 0 unspecified atom stereocenters. The highest BCUT2D eigenvalue weighted by atomic mass is 15.3. The topological polar surface area (TPSA) is 50.9 Å². The molecule has 0 radical (unpaired) electrons. The first-order chi connectivity index (χ1) is 9.79. The van der Waals surface area contributed by atoms with E-state index in [0.29, 0.717) is 5.92 Å². The van der Waals surface area contributed by atoms with Crippen LogP contribution in [0.3, 0.4) is 0 Å². The lowest BCUT2D eigenvalue weighted by atomic mass is 9.91. The van der Waals surface area contributed by atoms with E-state index < -0.39 is 0 Å². The fourth-order valence-corrected chi connectivity index (χ4v) is 3.13. The molecule has 3 aromatic rings. The Morgan fingerprint density at radius 1 is 1.40 bits per heavy atom. The third-order valence-electron chi connectivity index (χ3n) is 4.22. The van der Waals surface area contributed by atoms with E-state index in [0.717, 1.165) is 6.54 Å². The van der Waals surface area contributed by atoms with Gasteiger partial charge < -0.3 is 9.88 Å². The summed E-state index contributed by atoms with van der Waals surface area (Å²) in [5.41, 5.74) is 3.96. The number of hydrogen-bond acceptors (Lipinski definition) is 2. The summed E-state index contributed by atoms with van der Waals surface area (Å²) in [6.07, 6.45) is 5.51. The van der Waals surface area contributed by atoms with Crippen molar-refractivity contribution in [2.45, 2.75) is 12.5 Å². The Morgan fingerprint density at radius 2 is 2.30 bits per heavy atom. The second-order valence-corrected chi connectivity index (χ2v) is 5.78. The number of quaternary nitrogens is 1. The van der Waals surface area contributed by atoms with Crippen LogP contribution in [-0.2, 0) is 6.54 Å². The maximum Gasteiger partial charge on any atom is 0.137 e. The molecule has 1 saturated heterocycles. The predicted octanol–water partition coefficient (Wildman–Crippen LogP) is 0.420. The molecule has 1 aliphatic heterocycles. The van der Waals surface area contributed by atoms with E-state index in [1.807, 2.05) is 4.68 Å². The normalized spacial score (nSPS) is 22.1. The number of fused-ring (bicyclic) bond motifs is 1. The first-order valence-corrected chi connectivity index (χ1v) is 7.03. The second-order valence-electron chi connectivity index (χ2n) is 5.78. The number of H-pyrrole nitrogens is 1. The maximum absolute atomic E-state index is 4.17. The summed E-state index contributed by atoms with van der Waals surface area (Å²) in [4.78, 5) is 9.00. The molecule has 0 amide bonds. The number of likely N-dealkylation sites (tertiary alicyclic amines) is 1. The summed E-state index contributed by atoms with van der Waals surface area (Å²) in [6, 6.07) is 6.61. The van der Waals surface area contributed by atoms with Gasteiger partial charge in [0.15, 0.2) is 0 Å². The van der Waals surface area contributed by atoms with Crippen LogP contribution >= 0.6 is 0 Å². The van der Waals surface area contributed by atoms with Gasteiger partial charge in [0.1, 0.15) is 12.7 Å². The van der Waals surface area contributed by atoms with Gasteiger partial charge in [0, 0.05) is 17.1 Å². The Morgan fingerprint density at radius 3 is 3.05 bits per heavy atom. The molecule has 5 nitrogen and oxygen atoms in total. The third-order valence-corrected chi connectivity index (χ3v) is 4.22. The maximum atomic E-state index is 4.17. The fourth-order valence-electron chi connectivity index (χ4n) is 3.13. The number of likely N-dealkylation sites (N-methyl/N-ethyl adjacent to an activating group) is 1. The Labute approximate surface area is 117 Å². The molecular weight excluding hydrogens is 250 g/mol. The Hall–Kier alpha value is -2.14. The van der Waals surface area contributed by atoms with Crippen molar-refractivity contribution in [2.75, 3.05) is 20.1 Å². The van der Waals surface area contributed by atoms with E-state index >= 15 is 0 Å². The number of benzene rings is 1. The predicted molar refractivity (Wildman–Crippen MR) is 76.8 cm³/mol. The van der Waals surface area contributed by atoms with E-state index in [1.165, 1.54) is 35.1 Å². The molecule has 1 fully saturated rings. The molecule has 0 spiro atoms. The number of hydrogen-bond donors (Lipinski definition) is 2. The number of aromatic nitrogens is 4. The van der Waals surface area contributed by atoms with Gasteiger partial charge in [-0.05, 0) is 23.3 Å². The van der Waals surface area contributed by atoms with E-state index in [1.54, 1.807) is 17.6 Å². The molecule has 0 atom stereocenters. The van der Waals surface area contributed by atoms with Gasteiger partial charge in [0.25, 0.3) is 0 Å². The van der Waals surface area contributed by atoms with Gasteiger partial charge in [-0.1, -0.05) is 6.07 Å². The summed E-state index contributed by atoms with van der Waals surface area (Å²) >= 11 is 0. The average Bonchev–Trinajstić information content (AvgIpc) is 3.04. The molecule has 102 valence electrons. The van der Waals surface area contributed by atoms with E-state index in [-0.39, 0.29) is 0 Å². The van der Waals surface area contributed by atoms with E-state index in [9.17, 15) is 0 Å². The average molecular weight is 268 g/mol. The van der Waals surface area contributed by atoms with Crippen molar-refractivity contribution in [1.82, 2.24) is 19.7 Å². The van der Waals surface area contributed by atoms with Crippen molar-refractivity contribution >= 4 is 10.9 Å². The molecular formula is C15H18N5+. The van der Waals surface area contributed by atoms with Crippen LogP contribution in [0.5, 0.6) is 0 Å². The first kappa shape index (κ1) is 11.7. The summed E-state index contributed by atoms with van der Waals surface area (Å²) in [7, 11) is 2.25. The Balaban J connectivity index is 1.68. The van der Waals surface area contributed by atoms with Crippen LogP contribution in [-0.4, -0.2) is 39.9 Å². The van der Waals surface area contributed by atoms with Crippen LogP contribution < -0.4 is 4.90 Å². The fraction of sp³-hybridized carbons (Fsp3) is 0.333. The molecule has 2 N–H and O–H groups in total. The molecule has 1 aliphatic rings. The molecule has 0 bridgehead atoms. The summed E-state index contributed by atoms with van der Waals surface area (Å²) in [5.74, 6) is 0.699. The van der Waals surface area contributed by atoms with Crippen molar-refractivity contribution in [3.05, 3.63) is 48.2 Å². The minimum atomic E-state index is 0.699. The van der Waals surface area contributed by atoms with Gasteiger partial charge in [-0.15, -0.1) is 0 Å². The second kappa shape index (κ2) is 4.45. The molecule has 3 heterocycles.